The van der Waals surface area contributed by atoms with E-state index in [2.05, 4.69) is 5.32 Å². The molecule has 1 heterocycles. The molecule has 2 aromatic carbocycles. The van der Waals surface area contributed by atoms with Gasteiger partial charge >= 0.3 is 5.97 Å². The van der Waals surface area contributed by atoms with Crippen molar-refractivity contribution in [3.8, 4) is 11.5 Å². The summed E-state index contributed by atoms with van der Waals surface area (Å²) in [6.45, 7) is 0.671. The first-order valence-electron chi connectivity index (χ1n) is 8.06. The summed E-state index contributed by atoms with van der Waals surface area (Å²) in [6, 6.07) is 16.3. The molecule has 0 spiro atoms. The van der Waals surface area contributed by atoms with Gasteiger partial charge in [0, 0.05) is 6.42 Å². The summed E-state index contributed by atoms with van der Waals surface area (Å²) in [5.74, 6) is 0.520. The zero-order chi connectivity index (χ0) is 17.5. The van der Waals surface area contributed by atoms with Crippen molar-refractivity contribution in [3.05, 3.63) is 60.2 Å². The van der Waals surface area contributed by atoms with Crippen molar-refractivity contribution in [1.82, 2.24) is 5.32 Å². The first-order chi connectivity index (χ1) is 12.2. The molecular formula is C19H19NO5. The second kappa shape index (κ2) is 8.19. The van der Waals surface area contributed by atoms with Crippen LogP contribution in [0.15, 0.2) is 54.6 Å². The minimum Gasteiger partial charge on any atom is -0.489 e. The average molecular weight is 341 g/mol. The molecule has 130 valence electrons. The fraction of sp³-hybridized carbons (Fsp3) is 0.263. The van der Waals surface area contributed by atoms with E-state index < -0.39 is 12.0 Å². The number of rotatable bonds is 7. The number of hydrogen-bond acceptors (Lipinski definition) is 5. The highest BCUT2D eigenvalue weighted by atomic mass is 16.5. The summed E-state index contributed by atoms with van der Waals surface area (Å²) < 4.78 is 15.9. The topological polar surface area (TPSA) is 73.9 Å². The quantitative estimate of drug-likeness (QED) is 0.781. The smallest absolute Gasteiger partial charge is 0.328 e. The molecule has 1 amide bonds. The van der Waals surface area contributed by atoms with E-state index in [-0.39, 0.29) is 12.5 Å². The van der Waals surface area contributed by atoms with E-state index in [0.29, 0.717) is 31.1 Å². The highest BCUT2D eigenvalue weighted by Gasteiger charge is 2.27. The van der Waals surface area contributed by atoms with E-state index in [1.165, 1.54) is 0 Å². The number of hydrogen-bond donors (Lipinski definition) is 1. The van der Waals surface area contributed by atoms with Gasteiger partial charge in [-0.05, 0) is 29.8 Å². The van der Waals surface area contributed by atoms with Crippen LogP contribution in [0, 0.1) is 0 Å². The molecule has 3 rings (SSSR count). The van der Waals surface area contributed by atoms with Crippen LogP contribution in [-0.4, -0.2) is 31.1 Å². The second-order valence-corrected chi connectivity index (χ2v) is 5.61. The summed E-state index contributed by atoms with van der Waals surface area (Å²) in [4.78, 5) is 23.1. The number of cyclic esters (lactones) is 1. The van der Waals surface area contributed by atoms with E-state index >= 15 is 0 Å². The molecule has 1 fully saturated rings. The maximum absolute atomic E-state index is 11.8. The first kappa shape index (κ1) is 16.8. The largest absolute Gasteiger partial charge is 0.489 e. The van der Waals surface area contributed by atoms with Crippen LogP contribution in [0.3, 0.4) is 0 Å². The highest BCUT2D eigenvalue weighted by Crippen LogP contribution is 2.18. The first-order valence-corrected chi connectivity index (χ1v) is 8.06. The fourth-order valence-electron chi connectivity index (χ4n) is 2.38. The predicted octanol–water partition coefficient (Wildman–Crippen LogP) is 2.08. The van der Waals surface area contributed by atoms with E-state index in [4.69, 9.17) is 14.2 Å². The van der Waals surface area contributed by atoms with Crippen LogP contribution in [0.25, 0.3) is 0 Å². The van der Waals surface area contributed by atoms with Gasteiger partial charge < -0.3 is 19.5 Å². The van der Waals surface area contributed by atoms with Gasteiger partial charge in [-0.15, -0.1) is 0 Å². The normalized spacial score (nSPS) is 16.2. The van der Waals surface area contributed by atoms with Gasteiger partial charge in [0.2, 0.25) is 0 Å². The van der Waals surface area contributed by atoms with Crippen molar-refractivity contribution in [2.45, 2.75) is 19.1 Å². The number of carbonyl (C=O) groups excluding carboxylic acids is 2. The van der Waals surface area contributed by atoms with Gasteiger partial charge in [-0.2, -0.15) is 0 Å². The standard InChI is InChI=1S/C19H19NO5/c21-18(20-17-10-11-23-19(17)22)13-25-16-8-6-15(7-9-16)24-12-14-4-2-1-3-5-14/h1-9,17H,10-13H2,(H,20,21)/t17-/m1/s1. The number of benzene rings is 2. The lowest BCUT2D eigenvalue weighted by Gasteiger charge is -2.11. The monoisotopic (exact) mass is 341 g/mol. The van der Waals surface area contributed by atoms with Gasteiger partial charge in [-0.25, -0.2) is 4.79 Å². The molecule has 0 radical (unpaired) electrons. The van der Waals surface area contributed by atoms with Crippen LogP contribution < -0.4 is 14.8 Å². The Balaban J connectivity index is 1.42. The van der Waals surface area contributed by atoms with Gasteiger partial charge in [-0.3, -0.25) is 4.79 Å². The number of ether oxygens (including phenoxy) is 3. The molecule has 1 aliphatic heterocycles. The molecule has 25 heavy (non-hydrogen) atoms. The molecule has 0 bridgehead atoms. The Morgan fingerprint density at radius 3 is 2.36 bits per heavy atom. The molecule has 1 aliphatic rings. The van der Waals surface area contributed by atoms with Crippen molar-refractivity contribution in [1.29, 1.82) is 0 Å². The lowest BCUT2D eigenvalue weighted by atomic mass is 10.2. The third-order valence-corrected chi connectivity index (χ3v) is 3.71. The van der Waals surface area contributed by atoms with Gasteiger partial charge in [-0.1, -0.05) is 30.3 Å². The van der Waals surface area contributed by atoms with Gasteiger partial charge in [0.1, 0.15) is 24.1 Å². The predicted molar refractivity (Wildman–Crippen MR) is 90.2 cm³/mol. The van der Waals surface area contributed by atoms with Crippen molar-refractivity contribution in [2.24, 2.45) is 0 Å². The number of amides is 1. The molecule has 0 aliphatic carbocycles. The van der Waals surface area contributed by atoms with Crippen LogP contribution in [0.4, 0.5) is 0 Å². The van der Waals surface area contributed by atoms with Crippen LogP contribution in [-0.2, 0) is 20.9 Å². The van der Waals surface area contributed by atoms with E-state index in [0.717, 1.165) is 5.56 Å². The molecule has 1 N–H and O–H groups in total. The summed E-state index contributed by atoms with van der Waals surface area (Å²) >= 11 is 0. The Bertz CT molecular complexity index is 714. The summed E-state index contributed by atoms with van der Waals surface area (Å²) in [5, 5.41) is 2.59. The van der Waals surface area contributed by atoms with E-state index in [1.807, 2.05) is 30.3 Å². The average Bonchev–Trinajstić information content (AvgIpc) is 3.04. The lowest BCUT2D eigenvalue weighted by Crippen LogP contribution is -2.40. The molecule has 0 aromatic heterocycles. The maximum atomic E-state index is 11.8. The molecule has 2 aromatic rings. The van der Waals surface area contributed by atoms with Crippen LogP contribution in [0.2, 0.25) is 0 Å². The SMILES string of the molecule is O=C(COc1ccc(OCc2ccccc2)cc1)N[C@@H]1CCOC1=O. The third-order valence-electron chi connectivity index (χ3n) is 3.71. The summed E-state index contributed by atoms with van der Waals surface area (Å²) in [6.07, 6.45) is 0.498. The zero-order valence-electron chi connectivity index (χ0n) is 13.6. The van der Waals surface area contributed by atoms with Crippen molar-refractivity contribution < 1.29 is 23.8 Å². The number of carbonyl (C=O) groups is 2. The minimum absolute atomic E-state index is 0.159. The number of nitrogens with one attached hydrogen (secondary N) is 1. The number of esters is 1. The molecule has 0 unspecified atom stereocenters. The molecular weight excluding hydrogens is 322 g/mol. The van der Waals surface area contributed by atoms with Crippen LogP contribution >= 0.6 is 0 Å². The summed E-state index contributed by atoms with van der Waals surface area (Å²) in [5.41, 5.74) is 1.09. The minimum atomic E-state index is -0.565. The van der Waals surface area contributed by atoms with E-state index in [9.17, 15) is 9.59 Å². The Hall–Kier alpha value is -3.02. The fourth-order valence-corrected chi connectivity index (χ4v) is 2.38. The van der Waals surface area contributed by atoms with Crippen molar-refractivity contribution in [2.75, 3.05) is 13.2 Å². The Morgan fingerprint density at radius 1 is 1.04 bits per heavy atom. The molecule has 6 heteroatoms. The maximum Gasteiger partial charge on any atom is 0.328 e. The third kappa shape index (κ3) is 4.97. The molecule has 1 saturated heterocycles. The Kier molecular flexibility index (Phi) is 5.51. The summed E-state index contributed by atoms with van der Waals surface area (Å²) in [7, 11) is 0. The molecule has 1 atom stereocenters. The van der Waals surface area contributed by atoms with Gasteiger partial charge in [0.05, 0.1) is 6.61 Å². The second-order valence-electron chi connectivity index (χ2n) is 5.61. The van der Waals surface area contributed by atoms with Gasteiger partial charge in [0.25, 0.3) is 5.91 Å². The Morgan fingerprint density at radius 2 is 1.72 bits per heavy atom. The van der Waals surface area contributed by atoms with Crippen molar-refractivity contribution >= 4 is 11.9 Å². The van der Waals surface area contributed by atoms with Crippen LogP contribution in [0.5, 0.6) is 11.5 Å². The molecule has 6 nitrogen and oxygen atoms in total. The van der Waals surface area contributed by atoms with Crippen molar-refractivity contribution in [3.63, 3.8) is 0 Å². The molecule has 0 saturated carbocycles. The van der Waals surface area contributed by atoms with E-state index in [1.54, 1.807) is 24.3 Å². The highest BCUT2D eigenvalue weighted by molar-refractivity contribution is 5.86. The van der Waals surface area contributed by atoms with Gasteiger partial charge in [0.15, 0.2) is 6.61 Å². The zero-order valence-corrected chi connectivity index (χ0v) is 13.6. The lowest BCUT2D eigenvalue weighted by molar-refractivity contribution is -0.141. The Labute approximate surface area is 145 Å². The van der Waals surface area contributed by atoms with Crippen LogP contribution in [0.1, 0.15) is 12.0 Å².